The fourth-order valence-corrected chi connectivity index (χ4v) is 1.80. The number of rotatable bonds is 0. The zero-order chi connectivity index (χ0) is 7.84. The molecule has 56 valence electrons. The lowest BCUT2D eigenvalue weighted by atomic mass is 10.5. The molecule has 0 saturated heterocycles. The molecular formula is C7H6N2OS. The van der Waals surface area contributed by atoms with Crippen LogP contribution in [0.2, 0.25) is 0 Å². The maximum atomic E-state index is 11.1. The van der Waals surface area contributed by atoms with Gasteiger partial charge in [0.1, 0.15) is 0 Å². The minimum Gasteiger partial charge on any atom is -0.286 e. The van der Waals surface area contributed by atoms with Crippen molar-refractivity contribution in [2.75, 3.05) is 0 Å². The Bertz CT molecular complexity index is 443. The molecule has 2 rings (SSSR count). The first-order valence-corrected chi connectivity index (χ1v) is 4.01. The predicted molar refractivity (Wildman–Crippen MR) is 44.9 cm³/mol. The van der Waals surface area contributed by atoms with Gasteiger partial charge in [-0.05, 0) is 12.1 Å². The average molecular weight is 166 g/mol. The molecule has 2 aromatic heterocycles. The monoisotopic (exact) mass is 166 g/mol. The van der Waals surface area contributed by atoms with Crippen molar-refractivity contribution in [1.29, 1.82) is 0 Å². The third-order valence-electron chi connectivity index (χ3n) is 1.54. The van der Waals surface area contributed by atoms with Gasteiger partial charge in [0.25, 0.3) is 0 Å². The summed E-state index contributed by atoms with van der Waals surface area (Å²) < 4.78 is 2.50. The highest BCUT2D eigenvalue weighted by atomic mass is 32.1. The summed E-state index contributed by atoms with van der Waals surface area (Å²) in [4.78, 5) is 15.2. The van der Waals surface area contributed by atoms with Crippen molar-refractivity contribution < 1.29 is 0 Å². The van der Waals surface area contributed by atoms with Crippen molar-refractivity contribution in [3.63, 3.8) is 0 Å². The lowest BCUT2D eigenvalue weighted by molar-refractivity contribution is 0.919. The standard InChI is InChI=1S/C7H6N2OS/c1-9-6-5(11-7(9)10)3-2-4-8-6/h2-4H,1H3. The molecule has 0 N–H and O–H groups in total. The number of aromatic nitrogens is 2. The van der Waals surface area contributed by atoms with E-state index in [1.807, 2.05) is 12.1 Å². The van der Waals surface area contributed by atoms with Crippen molar-refractivity contribution in [1.82, 2.24) is 9.55 Å². The van der Waals surface area contributed by atoms with Gasteiger partial charge >= 0.3 is 4.87 Å². The van der Waals surface area contributed by atoms with Crippen LogP contribution in [0.15, 0.2) is 23.1 Å². The van der Waals surface area contributed by atoms with Crippen LogP contribution >= 0.6 is 11.3 Å². The van der Waals surface area contributed by atoms with Gasteiger partial charge in [0, 0.05) is 13.2 Å². The highest BCUT2D eigenvalue weighted by Crippen LogP contribution is 2.11. The molecule has 3 nitrogen and oxygen atoms in total. The molecule has 0 bridgehead atoms. The number of hydrogen-bond donors (Lipinski definition) is 0. The van der Waals surface area contributed by atoms with E-state index >= 15 is 0 Å². The van der Waals surface area contributed by atoms with Crippen LogP contribution in [0.3, 0.4) is 0 Å². The molecule has 0 aliphatic rings. The molecule has 4 heteroatoms. The highest BCUT2D eigenvalue weighted by Gasteiger charge is 2.01. The van der Waals surface area contributed by atoms with Crippen LogP contribution in [0, 0.1) is 0 Å². The van der Waals surface area contributed by atoms with Crippen LogP contribution in [0.4, 0.5) is 0 Å². The number of fused-ring (bicyclic) bond motifs is 1. The third-order valence-corrected chi connectivity index (χ3v) is 2.53. The number of pyridine rings is 1. The molecule has 0 unspecified atom stereocenters. The van der Waals surface area contributed by atoms with Gasteiger partial charge in [-0.15, -0.1) is 0 Å². The van der Waals surface area contributed by atoms with E-state index in [2.05, 4.69) is 4.98 Å². The molecule has 0 radical (unpaired) electrons. The number of nitrogens with zero attached hydrogens (tertiary/aromatic N) is 2. The third kappa shape index (κ3) is 0.867. The quantitative estimate of drug-likeness (QED) is 0.585. The Morgan fingerprint density at radius 1 is 1.64 bits per heavy atom. The minimum atomic E-state index is 0.0405. The number of hydrogen-bond acceptors (Lipinski definition) is 3. The smallest absolute Gasteiger partial charge is 0.286 e. The molecule has 2 aromatic rings. The maximum absolute atomic E-state index is 11.1. The molecule has 2 heterocycles. The highest BCUT2D eigenvalue weighted by molar-refractivity contribution is 7.16. The summed E-state index contributed by atoms with van der Waals surface area (Å²) in [6, 6.07) is 3.73. The average Bonchev–Trinajstić information content (AvgIpc) is 2.30. The van der Waals surface area contributed by atoms with Crippen molar-refractivity contribution >= 4 is 21.7 Å². The Balaban J connectivity index is 3.04. The van der Waals surface area contributed by atoms with Gasteiger partial charge in [-0.1, -0.05) is 11.3 Å². The lowest BCUT2D eigenvalue weighted by Crippen LogP contribution is -2.06. The topological polar surface area (TPSA) is 34.9 Å². The normalized spacial score (nSPS) is 10.6. The van der Waals surface area contributed by atoms with Gasteiger partial charge in [-0.3, -0.25) is 9.36 Å². The van der Waals surface area contributed by atoms with E-state index in [-0.39, 0.29) is 4.87 Å². The SMILES string of the molecule is Cn1c(=O)sc2cccnc21. The van der Waals surface area contributed by atoms with Gasteiger partial charge in [-0.2, -0.15) is 0 Å². The van der Waals surface area contributed by atoms with Gasteiger partial charge in [0.2, 0.25) is 0 Å². The summed E-state index contributed by atoms with van der Waals surface area (Å²) in [5.41, 5.74) is 0.766. The van der Waals surface area contributed by atoms with Crippen molar-refractivity contribution in [3.05, 3.63) is 28.0 Å². The summed E-state index contributed by atoms with van der Waals surface area (Å²) >= 11 is 1.22. The van der Waals surface area contributed by atoms with E-state index < -0.39 is 0 Å². The Morgan fingerprint density at radius 3 is 3.18 bits per heavy atom. The fraction of sp³-hybridized carbons (Fsp3) is 0.143. The van der Waals surface area contributed by atoms with Crippen LogP contribution in [0.25, 0.3) is 10.3 Å². The predicted octanol–water partition coefficient (Wildman–Crippen LogP) is 0.995. The molecule has 0 spiro atoms. The van der Waals surface area contributed by atoms with Crippen molar-refractivity contribution in [3.8, 4) is 0 Å². The zero-order valence-electron chi connectivity index (χ0n) is 5.94. The van der Waals surface area contributed by atoms with Crippen LogP contribution in [0.5, 0.6) is 0 Å². The Kier molecular flexibility index (Phi) is 1.29. The Labute approximate surface area is 66.9 Å². The van der Waals surface area contributed by atoms with E-state index in [1.165, 1.54) is 11.3 Å². The summed E-state index contributed by atoms with van der Waals surface area (Å²) in [6.07, 6.45) is 1.69. The molecule has 0 aliphatic heterocycles. The zero-order valence-corrected chi connectivity index (χ0v) is 6.76. The fourth-order valence-electron chi connectivity index (χ4n) is 0.963. The largest absolute Gasteiger partial charge is 0.309 e. The van der Waals surface area contributed by atoms with E-state index in [0.717, 1.165) is 10.3 Å². The first-order valence-electron chi connectivity index (χ1n) is 3.19. The molecule has 0 fully saturated rings. The lowest BCUT2D eigenvalue weighted by Gasteiger charge is -1.88. The molecule has 0 amide bonds. The van der Waals surface area contributed by atoms with E-state index in [9.17, 15) is 4.79 Å². The van der Waals surface area contributed by atoms with Crippen LogP contribution in [0.1, 0.15) is 0 Å². The van der Waals surface area contributed by atoms with Crippen molar-refractivity contribution in [2.24, 2.45) is 7.05 Å². The van der Waals surface area contributed by atoms with E-state index in [0.29, 0.717) is 0 Å². The molecule has 0 aromatic carbocycles. The maximum Gasteiger partial charge on any atom is 0.309 e. The molecule has 11 heavy (non-hydrogen) atoms. The van der Waals surface area contributed by atoms with Gasteiger partial charge in [0.15, 0.2) is 5.65 Å². The van der Waals surface area contributed by atoms with E-state index in [4.69, 9.17) is 0 Å². The van der Waals surface area contributed by atoms with Crippen molar-refractivity contribution in [2.45, 2.75) is 0 Å². The summed E-state index contributed by atoms with van der Waals surface area (Å²) in [5.74, 6) is 0. The van der Waals surface area contributed by atoms with Gasteiger partial charge < -0.3 is 0 Å². The summed E-state index contributed by atoms with van der Waals surface area (Å²) in [7, 11) is 1.73. The van der Waals surface area contributed by atoms with Gasteiger partial charge in [0.05, 0.1) is 4.70 Å². The number of thiazole rings is 1. The Hall–Kier alpha value is -1.16. The summed E-state index contributed by atoms with van der Waals surface area (Å²) in [6.45, 7) is 0. The second kappa shape index (κ2) is 2.17. The Morgan fingerprint density at radius 2 is 2.45 bits per heavy atom. The molecule has 0 aliphatic carbocycles. The minimum absolute atomic E-state index is 0.0405. The molecule has 0 atom stereocenters. The van der Waals surface area contributed by atoms with Crippen LogP contribution in [-0.2, 0) is 7.05 Å². The molecular weight excluding hydrogens is 160 g/mol. The second-order valence-corrected chi connectivity index (χ2v) is 3.25. The number of aryl methyl sites for hydroxylation is 1. The van der Waals surface area contributed by atoms with Crippen LogP contribution in [-0.4, -0.2) is 9.55 Å². The van der Waals surface area contributed by atoms with Gasteiger partial charge in [-0.25, -0.2) is 4.98 Å². The first kappa shape index (κ1) is 6.54. The summed E-state index contributed by atoms with van der Waals surface area (Å²) in [5, 5.41) is 0. The first-order chi connectivity index (χ1) is 5.29. The van der Waals surface area contributed by atoms with E-state index in [1.54, 1.807) is 17.8 Å². The molecule has 0 saturated carbocycles. The second-order valence-electron chi connectivity index (χ2n) is 2.25. The van der Waals surface area contributed by atoms with Crippen LogP contribution < -0.4 is 4.87 Å².